The molecule has 0 aliphatic rings. The highest BCUT2D eigenvalue weighted by atomic mass is 16.5. The molecule has 0 rings (SSSR count). The molecule has 0 N–H and O–H groups in total. The minimum Gasteiger partial charge on any atom is -0.466 e. The summed E-state index contributed by atoms with van der Waals surface area (Å²) in [5, 5.41) is 0. The fourth-order valence-electron chi connectivity index (χ4n) is 0.924. The smallest absolute Gasteiger partial charge is 0.305 e. The van der Waals surface area contributed by atoms with Gasteiger partial charge in [0.15, 0.2) is 0 Å². The Bertz CT molecular complexity index is 170. The largest absolute Gasteiger partial charge is 0.466 e. The van der Waals surface area contributed by atoms with Gasteiger partial charge in [-0.1, -0.05) is 32.6 Å². The van der Waals surface area contributed by atoms with Crippen LogP contribution < -0.4 is 0 Å². The number of carbonyl (C=O) groups is 1. The first-order valence-electron chi connectivity index (χ1n) is 5.71. The van der Waals surface area contributed by atoms with Crippen LogP contribution in [0.4, 0.5) is 0 Å². The van der Waals surface area contributed by atoms with Crippen LogP contribution in [0, 0.1) is 0 Å². The number of ether oxygens (including phenoxy) is 1. The molecule has 0 aliphatic heterocycles. The van der Waals surface area contributed by atoms with Crippen molar-refractivity contribution in [3.8, 4) is 0 Å². The summed E-state index contributed by atoms with van der Waals surface area (Å²) in [6, 6.07) is 0. The minimum absolute atomic E-state index is 0.243. The summed E-state index contributed by atoms with van der Waals surface area (Å²) in [6.45, 7) is 4.03. The van der Waals surface area contributed by atoms with Crippen molar-refractivity contribution in [2.45, 2.75) is 52.3 Å². The van der Waals surface area contributed by atoms with Gasteiger partial charge in [-0.2, -0.15) is 0 Å². The Kier molecular flexibility index (Phi) is 5.77. The predicted octanol–water partition coefficient (Wildman–Crippen LogP) is 2.91. The molecule has 0 aromatic heterocycles. The zero-order chi connectivity index (χ0) is 11.0. The summed E-state index contributed by atoms with van der Waals surface area (Å²) >= 11 is 0. The molecular weight excluding hydrogens is 152 g/mol. The molecule has 12 heavy (non-hydrogen) atoms. The molecule has 0 heterocycles. The molecular formula is C10H20O2. The Morgan fingerprint density at radius 2 is 1.92 bits per heavy atom. The first kappa shape index (κ1) is 8.09. The van der Waals surface area contributed by atoms with E-state index in [9.17, 15) is 4.79 Å². The van der Waals surface area contributed by atoms with Crippen LogP contribution in [0.1, 0.15) is 55.1 Å². The van der Waals surface area contributed by atoms with Gasteiger partial charge >= 0.3 is 5.97 Å². The van der Waals surface area contributed by atoms with Gasteiger partial charge in [0, 0.05) is 9.11 Å². The van der Waals surface area contributed by atoms with Crippen LogP contribution in [-0.2, 0) is 9.53 Å². The Labute approximate surface area is 78.1 Å². The molecule has 0 fully saturated rings. The fraction of sp³-hybridized carbons (Fsp3) is 0.900. The van der Waals surface area contributed by atoms with E-state index in [4.69, 9.17) is 2.74 Å². The third-order valence-electron chi connectivity index (χ3n) is 1.58. The average molecular weight is 174 g/mol. The van der Waals surface area contributed by atoms with Gasteiger partial charge in [-0.05, 0) is 13.3 Å². The molecule has 0 atom stereocenters. The van der Waals surface area contributed by atoms with Crippen molar-refractivity contribution >= 4 is 5.97 Å². The van der Waals surface area contributed by atoms with Crippen molar-refractivity contribution in [2.75, 3.05) is 6.61 Å². The lowest BCUT2D eigenvalue weighted by atomic mass is 10.1. The first-order chi connectivity index (χ1) is 6.54. The summed E-state index contributed by atoms with van der Waals surface area (Å²) < 4.78 is 19.6. The van der Waals surface area contributed by atoms with Crippen LogP contribution >= 0.6 is 0 Å². The number of carbonyl (C=O) groups excluding carboxylic acids is 1. The number of esters is 1. The van der Waals surface area contributed by atoms with Crippen molar-refractivity contribution in [3.05, 3.63) is 0 Å². The van der Waals surface area contributed by atoms with Crippen LogP contribution in [0.15, 0.2) is 0 Å². The summed E-state index contributed by atoms with van der Waals surface area (Å²) in [6.07, 6.45) is 2.41. The van der Waals surface area contributed by atoms with Crippen molar-refractivity contribution in [3.63, 3.8) is 0 Å². The lowest BCUT2D eigenvalue weighted by Crippen LogP contribution is -2.02. The highest BCUT2D eigenvalue weighted by molar-refractivity contribution is 5.69. The Hall–Kier alpha value is -0.530. The second kappa shape index (κ2) is 8.57. The van der Waals surface area contributed by atoms with Crippen molar-refractivity contribution in [2.24, 2.45) is 0 Å². The lowest BCUT2D eigenvalue weighted by Gasteiger charge is -2.00. The van der Waals surface area contributed by atoms with E-state index in [1.807, 2.05) is 0 Å². The molecule has 2 nitrogen and oxygen atoms in total. The first-order valence-corrected chi connectivity index (χ1v) is 4.71. The van der Waals surface area contributed by atoms with Gasteiger partial charge < -0.3 is 4.74 Å². The molecule has 0 saturated carbocycles. The van der Waals surface area contributed by atoms with Gasteiger partial charge in [-0.3, -0.25) is 4.79 Å². The maximum atomic E-state index is 11.1. The number of hydrogen-bond donors (Lipinski definition) is 0. The number of rotatable bonds is 7. The molecule has 2 heteroatoms. The zero-order valence-corrected chi connectivity index (χ0v) is 8.06. The summed E-state index contributed by atoms with van der Waals surface area (Å²) in [7, 11) is 0. The quantitative estimate of drug-likeness (QED) is 0.438. The van der Waals surface area contributed by atoms with Crippen molar-refractivity contribution in [1.29, 1.82) is 0 Å². The predicted molar refractivity (Wildman–Crippen MR) is 50.0 cm³/mol. The molecule has 0 aliphatic carbocycles. The van der Waals surface area contributed by atoms with E-state index in [1.54, 1.807) is 6.92 Å². The van der Waals surface area contributed by atoms with E-state index in [-0.39, 0.29) is 13.0 Å². The van der Waals surface area contributed by atoms with E-state index >= 15 is 0 Å². The Morgan fingerprint density at radius 3 is 2.50 bits per heavy atom. The molecule has 0 bridgehead atoms. The topological polar surface area (TPSA) is 26.3 Å². The van der Waals surface area contributed by atoms with E-state index in [1.165, 1.54) is 0 Å². The van der Waals surface area contributed by atoms with E-state index < -0.39 is 12.3 Å². The third-order valence-corrected chi connectivity index (χ3v) is 1.58. The molecule has 0 amide bonds. The highest BCUT2D eigenvalue weighted by Crippen LogP contribution is 2.05. The second-order valence-electron chi connectivity index (χ2n) is 2.71. The van der Waals surface area contributed by atoms with E-state index in [2.05, 4.69) is 11.7 Å². The van der Waals surface area contributed by atoms with E-state index in [0.29, 0.717) is 0 Å². The SMILES string of the molecule is [2H]C([2H])(CCCCCC)C(=O)OCC. The summed E-state index contributed by atoms with van der Waals surface area (Å²) in [4.78, 5) is 11.1. The van der Waals surface area contributed by atoms with Gasteiger partial charge in [0.1, 0.15) is 0 Å². The maximum Gasteiger partial charge on any atom is 0.305 e. The summed E-state index contributed by atoms with van der Waals surface area (Å²) in [5.74, 6) is -0.725. The zero-order valence-electron chi connectivity index (χ0n) is 10.1. The van der Waals surface area contributed by atoms with Crippen molar-refractivity contribution in [1.82, 2.24) is 0 Å². The van der Waals surface area contributed by atoms with E-state index in [0.717, 1.165) is 25.7 Å². The monoisotopic (exact) mass is 174 g/mol. The Balaban J connectivity index is 3.76. The number of hydrogen-bond acceptors (Lipinski definition) is 2. The van der Waals surface area contributed by atoms with Crippen LogP contribution in [0.3, 0.4) is 0 Å². The standard InChI is InChI=1S/C10H20O2/c1-3-5-6-7-8-9-10(11)12-4-2/h3-9H2,1-2H3/i9D2. The molecule has 0 radical (unpaired) electrons. The molecule has 0 unspecified atom stereocenters. The Morgan fingerprint density at radius 1 is 1.25 bits per heavy atom. The van der Waals surface area contributed by atoms with Crippen molar-refractivity contribution < 1.29 is 12.3 Å². The summed E-state index contributed by atoms with van der Waals surface area (Å²) in [5.41, 5.74) is 0. The van der Waals surface area contributed by atoms with Crippen LogP contribution in [0.5, 0.6) is 0 Å². The molecule has 72 valence electrons. The van der Waals surface area contributed by atoms with Gasteiger partial charge in [-0.15, -0.1) is 0 Å². The molecule has 0 aromatic rings. The lowest BCUT2D eigenvalue weighted by molar-refractivity contribution is -0.143. The molecule has 0 saturated heterocycles. The fourth-order valence-corrected chi connectivity index (χ4v) is 0.924. The second-order valence-corrected chi connectivity index (χ2v) is 2.71. The van der Waals surface area contributed by atoms with Gasteiger partial charge in [0.2, 0.25) is 0 Å². The normalized spacial score (nSPS) is 13.5. The van der Waals surface area contributed by atoms with Gasteiger partial charge in [-0.25, -0.2) is 0 Å². The maximum absolute atomic E-state index is 11.1. The van der Waals surface area contributed by atoms with Crippen LogP contribution in [-0.4, -0.2) is 12.6 Å². The molecule has 0 aromatic carbocycles. The van der Waals surface area contributed by atoms with Crippen LogP contribution in [0.25, 0.3) is 0 Å². The third kappa shape index (κ3) is 7.58. The van der Waals surface area contributed by atoms with Gasteiger partial charge in [0.05, 0.1) is 6.61 Å². The highest BCUT2D eigenvalue weighted by Gasteiger charge is 1.99. The molecule has 0 spiro atoms. The average Bonchev–Trinajstić information content (AvgIpc) is 2.13. The minimum atomic E-state index is -1.80. The van der Waals surface area contributed by atoms with Gasteiger partial charge in [0.25, 0.3) is 0 Å². The van der Waals surface area contributed by atoms with Crippen LogP contribution in [0.2, 0.25) is 0 Å². The number of unbranched alkanes of at least 4 members (excludes halogenated alkanes) is 3.